The van der Waals surface area contributed by atoms with Crippen molar-refractivity contribution in [3.8, 4) is 0 Å². The summed E-state index contributed by atoms with van der Waals surface area (Å²) in [6.07, 6.45) is 0. The zero-order chi connectivity index (χ0) is 16.3. The van der Waals surface area contributed by atoms with Crippen LogP contribution in [0.5, 0.6) is 0 Å². The topological polar surface area (TPSA) is 101 Å². The molecule has 1 unspecified atom stereocenters. The SMILES string of the molecule is CC(C)C(C)(CN)NC(=O)CNS(=O)(=O)c1ccc(Br)s1.Cl. The van der Waals surface area contributed by atoms with E-state index in [9.17, 15) is 13.2 Å². The molecule has 1 aromatic rings. The van der Waals surface area contributed by atoms with Crippen molar-refractivity contribution in [3.63, 3.8) is 0 Å². The highest BCUT2D eigenvalue weighted by atomic mass is 79.9. The molecule has 0 radical (unpaired) electrons. The van der Waals surface area contributed by atoms with Crippen molar-refractivity contribution in [2.45, 2.75) is 30.5 Å². The molecule has 0 aromatic carbocycles. The van der Waals surface area contributed by atoms with Crippen molar-refractivity contribution in [3.05, 3.63) is 15.9 Å². The molecule has 0 fully saturated rings. The maximum atomic E-state index is 12.0. The van der Waals surface area contributed by atoms with Crippen LogP contribution in [-0.2, 0) is 14.8 Å². The van der Waals surface area contributed by atoms with Crippen LogP contribution < -0.4 is 15.8 Å². The molecule has 0 aliphatic heterocycles. The largest absolute Gasteiger partial charge is 0.348 e. The summed E-state index contributed by atoms with van der Waals surface area (Å²) in [5, 5.41) is 2.78. The lowest BCUT2D eigenvalue weighted by atomic mass is 9.88. The third-order valence-corrected chi connectivity index (χ3v) is 6.88. The van der Waals surface area contributed by atoms with Gasteiger partial charge in [-0.25, -0.2) is 13.1 Å². The molecular formula is C12H21BrClN3O3S2. The van der Waals surface area contributed by atoms with Crippen LogP contribution in [0.15, 0.2) is 20.1 Å². The minimum atomic E-state index is -3.67. The standard InChI is InChI=1S/C12H20BrN3O3S2.ClH/c1-8(2)12(3,7-14)16-10(17)6-15-21(18,19)11-5-4-9(13)20-11;/h4-5,8,15H,6-7,14H2,1-3H3,(H,16,17);1H. The number of carbonyl (C=O) groups is 1. The Hall–Kier alpha value is -0.190. The van der Waals surface area contributed by atoms with E-state index < -0.39 is 21.5 Å². The summed E-state index contributed by atoms with van der Waals surface area (Å²) in [6, 6.07) is 3.12. The van der Waals surface area contributed by atoms with Crippen LogP contribution >= 0.6 is 39.7 Å². The predicted molar refractivity (Wildman–Crippen MR) is 94.9 cm³/mol. The first-order valence-corrected chi connectivity index (χ1v) is 9.46. The summed E-state index contributed by atoms with van der Waals surface area (Å²) in [5.41, 5.74) is 5.11. The van der Waals surface area contributed by atoms with Gasteiger partial charge in [0.05, 0.1) is 15.9 Å². The summed E-state index contributed by atoms with van der Waals surface area (Å²) in [7, 11) is -3.67. The van der Waals surface area contributed by atoms with Crippen molar-refractivity contribution in [2.75, 3.05) is 13.1 Å². The van der Waals surface area contributed by atoms with E-state index in [1.165, 1.54) is 6.07 Å². The molecule has 0 aliphatic rings. The molecule has 1 heterocycles. The lowest BCUT2D eigenvalue weighted by Crippen LogP contribution is -2.56. The predicted octanol–water partition coefficient (Wildman–Crippen LogP) is 1.70. The van der Waals surface area contributed by atoms with Gasteiger partial charge < -0.3 is 11.1 Å². The Balaban J connectivity index is 0.00000441. The molecule has 128 valence electrons. The number of rotatable bonds is 7. The summed E-state index contributed by atoms with van der Waals surface area (Å²) in [6.45, 7) is 5.68. The molecule has 10 heteroatoms. The number of carbonyl (C=O) groups excluding carboxylic acids is 1. The molecule has 1 atom stereocenters. The molecule has 22 heavy (non-hydrogen) atoms. The molecule has 0 saturated carbocycles. The van der Waals surface area contributed by atoms with Gasteiger partial charge in [-0.3, -0.25) is 4.79 Å². The normalized spacial score (nSPS) is 14.3. The monoisotopic (exact) mass is 433 g/mol. The fourth-order valence-electron chi connectivity index (χ4n) is 1.47. The fourth-order valence-corrected chi connectivity index (χ4v) is 4.50. The average molecular weight is 435 g/mol. The molecule has 6 nitrogen and oxygen atoms in total. The van der Waals surface area contributed by atoms with Gasteiger partial charge in [0.25, 0.3) is 10.0 Å². The minimum Gasteiger partial charge on any atom is -0.348 e. The van der Waals surface area contributed by atoms with E-state index >= 15 is 0 Å². The third kappa shape index (κ3) is 5.78. The maximum Gasteiger partial charge on any atom is 0.250 e. The van der Waals surface area contributed by atoms with Crippen LogP contribution in [0.1, 0.15) is 20.8 Å². The van der Waals surface area contributed by atoms with Gasteiger partial charge in [0, 0.05) is 6.54 Å². The smallest absolute Gasteiger partial charge is 0.250 e. The van der Waals surface area contributed by atoms with Gasteiger partial charge in [0.1, 0.15) is 4.21 Å². The Morgan fingerprint density at radius 2 is 2.05 bits per heavy atom. The highest BCUT2D eigenvalue weighted by Crippen LogP contribution is 2.25. The second kappa shape index (κ2) is 8.60. The molecule has 0 aliphatic carbocycles. The summed E-state index contributed by atoms with van der Waals surface area (Å²) in [4.78, 5) is 11.9. The van der Waals surface area contributed by atoms with Gasteiger partial charge >= 0.3 is 0 Å². The van der Waals surface area contributed by atoms with Gasteiger partial charge in [-0.1, -0.05) is 13.8 Å². The van der Waals surface area contributed by atoms with Crippen LogP contribution in [-0.4, -0.2) is 33.0 Å². The van der Waals surface area contributed by atoms with E-state index in [-0.39, 0.29) is 35.6 Å². The Bertz CT molecular complexity index is 607. The number of nitrogens with two attached hydrogens (primary N) is 1. The number of amides is 1. The van der Waals surface area contributed by atoms with E-state index in [1.54, 1.807) is 6.07 Å². The molecule has 0 bridgehead atoms. The first-order chi connectivity index (χ1) is 9.60. The van der Waals surface area contributed by atoms with Gasteiger partial charge in [-0.2, -0.15) is 0 Å². The zero-order valence-electron chi connectivity index (χ0n) is 12.6. The van der Waals surface area contributed by atoms with Crippen molar-refractivity contribution in [1.29, 1.82) is 0 Å². The van der Waals surface area contributed by atoms with E-state index in [0.717, 1.165) is 11.3 Å². The van der Waals surface area contributed by atoms with E-state index in [1.807, 2.05) is 20.8 Å². The van der Waals surface area contributed by atoms with Crippen molar-refractivity contribution >= 4 is 55.6 Å². The lowest BCUT2D eigenvalue weighted by Gasteiger charge is -2.33. The van der Waals surface area contributed by atoms with Gasteiger partial charge in [-0.05, 0) is 40.9 Å². The Morgan fingerprint density at radius 3 is 2.45 bits per heavy atom. The van der Waals surface area contributed by atoms with Crippen molar-refractivity contribution < 1.29 is 13.2 Å². The zero-order valence-corrected chi connectivity index (χ0v) is 16.6. The molecule has 4 N–H and O–H groups in total. The molecule has 1 amide bonds. The highest BCUT2D eigenvalue weighted by Gasteiger charge is 2.29. The van der Waals surface area contributed by atoms with Crippen LogP contribution in [0.4, 0.5) is 0 Å². The van der Waals surface area contributed by atoms with E-state index in [4.69, 9.17) is 5.73 Å². The number of sulfonamides is 1. The average Bonchev–Trinajstić information content (AvgIpc) is 2.83. The van der Waals surface area contributed by atoms with Crippen LogP contribution in [0, 0.1) is 5.92 Å². The highest BCUT2D eigenvalue weighted by molar-refractivity contribution is 9.11. The second-order valence-corrected chi connectivity index (χ2v) is 9.66. The van der Waals surface area contributed by atoms with E-state index in [0.29, 0.717) is 3.79 Å². The molecule has 1 rings (SSSR count). The van der Waals surface area contributed by atoms with Gasteiger partial charge in [0.15, 0.2) is 0 Å². The van der Waals surface area contributed by atoms with Gasteiger partial charge in [-0.15, -0.1) is 23.7 Å². The van der Waals surface area contributed by atoms with Crippen molar-refractivity contribution in [2.24, 2.45) is 11.7 Å². The molecule has 0 spiro atoms. The Kier molecular flexibility index (Phi) is 8.53. The van der Waals surface area contributed by atoms with Crippen LogP contribution in [0.25, 0.3) is 0 Å². The third-order valence-electron chi connectivity index (χ3n) is 3.36. The van der Waals surface area contributed by atoms with Gasteiger partial charge in [0.2, 0.25) is 5.91 Å². The first kappa shape index (κ1) is 21.8. The maximum absolute atomic E-state index is 12.0. The fraction of sp³-hybridized carbons (Fsp3) is 0.583. The second-order valence-electron chi connectivity index (χ2n) is 5.21. The molecule has 0 saturated heterocycles. The van der Waals surface area contributed by atoms with Crippen LogP contribution in [0.2, 0.25) is 0 Å². The lowest BCUT2D eigenvalue weighted by molar-refractivity contribution is -0.122. The Labute approximate surface area is 149 Å². The Morgan fingerprint density at radius 1 is 1.45 bits per heavy atom. The number of hydrogen-bond acceptors (Lipinski definition) is 5. The summed E-state index contributed by atoms with van der Waals surface area (Å²) < 4.78 is 27.1. The van der Waals surface area contributed by atoms with Crippen LogP contribution in [0.3, 0.4) is 0 Å². The number of hydrogen-bond donors (Lipinski definition) is 3. The number of halogens is 2. The minimum absolute atomic E-state index is 0. The molecular weight excluding hydrogens is 414 g/mol. The van der Waals surface area contributed by atoms with E-state index in [2.05, 4.69) is 26.0 Å². The number of nitrogens with one attached hydrogen (secondary N) is 2. The van der Waals surface area contributed by atoms with Crippen molar-refractivity contribution in [1.82, 2.24) is 10.0 Å². The molecule has 1 aromatic heterocycles. The summed E-state index contributed by atoms with van der Waals surface area (Å²) >= 11 is 4.29. The summed E-state index contributed by atoms with van der Waals surface area (Å²) in [5.74, 6) is -0.271. The number of thiophene rings is 1. The quantitative estimate of drug-likeness (QED) is 0.608. The first-order valence-electron chi connectivity index (χ1n) is 6.37.